The molecule has 1 rings (SSSR count). The minimum atomic E-state index is 0.229. The molecule has 1 N–H and O–H groups in total. The van der Waals surface area contributed by atoms with Crippen LogP contribution in [0.4, 0.5) is 0 Å². The topological polar surface area (TPSA) is 21.3 Å². The third-order valence-corrected chi connectivity index (χ3v) is 3.83. The third-order valence-electron chi connectivity index (χ3n) is 3.83. The van der Waals surface area contributed by atoms with E-state index in [-0.39, 0.29) is 6.10 Å². The van der Waals surface area contributed by atoms with Gasteiger partial charge in [0.25, 0.3) is 0 Å². The average Bonchev–Trinajstić information content (AvgIpc) is 2.46. The van der Waals surface area contributed by atoms with Crippen LogP contribution in [0.1, 0.15) is 77.3 Å². The van der Waals surface area contributed by atoms with Gasteiger partial charge < -0.3 is 10.1 Å². The van der Waals surface area contributed by atoms with Gasteiger partial charge in [-0.2, -0.15) is 0 Å². The van der Waals surface area contributed by atoms with E-state index in [0.717, 1.165) is 5.75 Å². The highest BCUT2D eigenvalue weighted by Crippen LogP contribution is 2.24. The van der Waals surface area contributed by atoms with Crippen molar-refractivity contribution in [3.63, 3.8) is 0 Å². The largest absolute Gasteiger partial charge is 0.491 e. The third kappa shape index (κ3) is 7.52. The second kappa shape index (κ2) is 10.7. The van der Waals surface area contributed by atoms with Crippen LogP contribution in [0.5, 0.6) is 5.75 Å². The minimum Gasteiger partial charge on any atom is -0.491 e. The van der Waals surface area contributed by atoms with Crippen LogP contribution in [0.2, 0.25) is 0 Å². The molecule has 1 atom stereocenters. The molecule has 0 bridgehead atoms. The van der Waals surface area contributed by atoms with Crippen LogP contribution in [0, 0.1) is 0 Å². The summed E-state index contributed by atoms with van der Waals surface area (Å²) in [5.41, 5.74) is 1.34. The summed E-state index contributed by atoms with van der Waals surface area (Å²) < 4.78 is 5.79. The molecule has 1 aromatic rings. The molecular weight excluding hydrogens is 258 g/mol. The summed E-state index contributed by atoms with van der Waals surface area (Å²) in [6.45, 7) is 6.40. The molecule has 0 heterocycles. The molecule has 2 heteroatoms. The van der Waals surface area contributed by atoms with Gasteiger partial charge in [0.05, 0.1) is 6.10 Å². The van der Waals surface area contributed by atoms with Gasteiger partial charge in [-0.1, -0.05) is 57.6 Å². The van der Waals surface area contributed by atoms with Crippen LogP contribution in [0.15, 0.2) is 24.3 Å². The summed E-state index contributed by atoms with van der Waals surface area (Å²) in [6.07, 6.45) is 9.54. The summed E-state index contributed by atoms with van der Waals surface area (Å²) in [5.74, 6) is 0.977. The second-order valence-electron chi connectivity index (χ2n) is 6.14. The molecule has 2 nitrogen and oxygen atoms in total. The zero-order valence-corrected chi connectivity index (χ0v) is 14.3. The maximum absolute atomic E-state index is 5.79. The van der Waals surface area contributed by atoms with E-state index >= 15 is 0 Å². The Balaban J connectivity index is 2.44. The van der Waals surface area contributed by atoms with E-state index in [1.165, 1.54) is 50.5 Å². The number of nitrogens with one attached hydrogen (secondary N) is 1. The number of hydrogen-bond acceptors (Lipinski definition) is 2. The Labute approximate surface area is 131 Å². The fourth-order valence-corrected chi connectivity index (χ4v) is 2.68. The first-order chi connectivity index (χ1) is 10.2. The van der Waals surface area contributed by atoms with Crippen LogP contribution in [-0.2, 0) is 0 Å². The first kappa shape index (κ1) is 18.0. The molecule has 0 aliphatic carbocycles. The Morgan fingerprint density at radius 2 is 1.76 bits per heavy atom. The van der Waals surface area contributed by atoms with E-state index in [1.807, 2.05) is 6.07 Å². The number of hydrogen-bond donors (Lipinski definition) is 1. The average molecular weight is 291 g/mol. The predicted octanol–water partition coefficient (Wildman–Crippen LogP) is 5.48. The molecule has 0 saturated carbocycles. The van der Waals surface area contributed by atoms with Gasteiger partial charge >= 0.3 is 0 Å². The van der Waals surface area contributed by atoms with Gasteiger partial charge in [-0.25, -0.2) is 0 Å². The molecule has 120 valence electrons. The van der Waals surface area contributed by atoms with Gasteiger partial charge in [0.15, 0.2) is 0 Å². The summed E-state index contributed by atoms with van der Waals surface area (Å²) in [6, 6.07) is 8.95. The molecule has 0 spiro atoms. The smallest absolute Gasteiger partial charge is 0.120 e. The zero-order chi connectivity index (χ0) is 15.5. The number of rotatable bonds is 11. The summed E-state index contributed by atoms with van der Waals surface area (Å²) >= 11 is 0. The molecule has 0 radical (unpaired) electrons. The Morgan fingerprint density at radius 3 is 2.43 bits per heavy atom. The second-order valence-corrected chi connectivity index (χ2v) is 6.14. The Kier molecular flexibility index (Phi) is 9.16. The molecule has 0 fully saturated rings. The lowest BCUT2D eigenvalue weighted by Gasteiger charge is -2.18. The standard InChI is InChI=1S/C19H33NO/c1-5-6-7-8-9-10-14-19(20-4)17-12-11-13-18(15-17)21-16(2)3/h11-13,15-16,19-20H,5-10,14H2,1-4H3. The van der Waals surface area contributed by atoms with Crippen molar-refractivity contribution in [2.45, 2.75) is 77.9 Å². The first-order valence-corrected chi connectivity index (χ1v) is 8.61. The Bertz CT molecular complexity index is 376. The van der Waals surface area contributed by atoms with E-state index < -0.39 is 0 Å². The normalized spacial score (nSPS) is 12.6. The summed E-state index contributed by atoms with van der Waals surface area (Å²) in [4.78, 5) is 0. The van der Waals surface area contributed by atoms with Crippen LogP contribution < -0.4 is 10.1 Å². The van der Waals surface area contributed by atoms with Crippen LogP contribution in [-0.4, -0.2) is 13.2 Å². The quantitative estimate of drug-likeness (QED) is 0.545. The van der Waals surface area contributed by atoms with Crippen molar-refractivity contribution >= 4 is 0 Å². The molecule has 0 amide bonds. The van der Waals surface area contributed by atoms with Crippen molar-refractivity contribution in [3.8, 4) is 5.75 Å². The van der Waals surface area contributed by atoms with E-state index in [1.54, 1.807) is 0 Å². The van der Waals surface area contributed by atoms with Gasteiger partial charge in [0, 0.05) is 6.04 Å². The van der Waals surface area contributed by atoms with Crippen molar-refractivity contribution in [2.24, 2.45) is 0 Å². The van der Waals surface area contributed by atoms with Gasteiger partial charge in [-0.15, -0.1) is 0 Å². The number of ether oxygens (including phenoxy) is 1. The molecule has 0 aliphatic heterocycles. The lowest BCUT2D eigenvalue weighted by atomic mass is 9.99. The fraction of sp³-hybridized carbons (Fsp3) is 0.684. The molecule has 0 saturated heterocycles. The minimum absolute atomic E-state index is 0.229. The van der Waals surface area contributed by atoms with Crippen LogP contribution in [0.25, 0.3) is 0 Å². The maximum Gasteiger partial charge on any atom is 0.120 e. The molecule has 21 heavy (non-hydrogen) atoms. The SMILES string of the molecule is CCCCCCCCC(NC)c1cccc(OC(C)C)c1. The Morgan fingerprint density at radius 1 is 1.05 bits per heavy atom. The van der Waals surface area contributed by atoms with Gasteiger partial charge in [0.1, 0.15) is 5.75 Å². The van der Waals surface area contributed by atoms with Gasteiger partial charge in [-0.05, 0) is 45.0 Å². The molecule has 0 aliphatic rings. The van der Waals surface area contributed by atoms with Crippen molar-refractivity contribution in [1.82, 2.24) is 5.32 Å². The monoisotopic (exact) mass is 291 g/mol. The van der Waals surface area contributed by atoms with Crippen LogP contribution in [0.3, 0.4) is 0 Å². The zero-order valence-electron chi connectivity index (χ0n) is 14.3. The van der Waals surface area contributed by atoms with Crippen molar-refractivity contribution < 1.29 is 4.74 Å². The molecule has 0 aromatic heterocycles. The van der Waals surface area contributed by atoms with Crippen molar-refractivity contribution in [3.05, 3.63) is 29.8 Å². The maximum atomic E-state index is 5.79. The van der Waals surface area contributed by atoms with E-state index in [0.29, 0.717) is 6.04 Å². The van der Waals surface area contributed by atoms with E-state index in [9.17, 15) is 0 Å². The highest BCUT2D eigenvalue weighted by molar-refractivity contribution is 5.30. The lowest BCUT2D eigenvalue weighted by Crippen LogP contribution is -2.16. The van der Waals surface area contributed by atoms with E-state index in [4.69, 9.17) is 4.74 Å². The molecule has 1 aromatic carbocycles. The number of benzene rings is 1. The highest BCUT2D eigenvalue weighted by Gasteiger charge is 2.10. The Hall–Kier alpha value is -1.02. The molecule has 1 unspecified atom stereocenters. The van der Waals surface area contributed by atoms with Crippen molar-refractivity contribution in [2.75, 3.05) is 7.05 Å². The summed E-state index contributed by atoms with van der Waals surface area (Å²) in [7, 11) is 2.05. The predicted molar refractivity (Wildman–Crippen MR) is 92.0 cm³/mol. The number of unbranched alkanes of at least 4 members (excludes halogenated alkanes) is 5. The van der Waals surface area contributed by atoms with Gasteiger partial charge in [-0.3, -0.25) is 0 Å². The van der Waals surface area contributed by atoms with Crippen LogP contribution >= 0.6 is 0 Å². The summed E-state index contributed by atoms with van der Waals surface area (Å²) in [5, 5.41) is 3.45. The van der Waals surface area contributed by atoms with E-state index in [2.05, 4.69) is 51.3 Å². The fourth-order valence-electron chi connectivity index (χ4n) is 2.68. The van der Waals surface area contributed by atoms with Crippen molar-refractivity contribution in [1.29, 1.82) is 0 Å². The van der Waals surface area contributed by atoms with Gasteiger partial charge in [0.2, 0.25) is 0 Å². The lowest BCUT2D eigenvalue weighted by molar-refractivity contribution is 0.242. The molecular formula is C19H33NO. The highest BCUT2D eigenvalue weighted by atomic mass is 16.5. The first-order valence-electron chi connectivity index (χ1n) is 8.61.